The number of halogens is 1. The summed E-state index contributed by atoms with van der Waals surface area (Å²) in [5.74, 6) is -0.242. The number of rotatable bonds is 4. The Bertz CT molecular complexity index is 565. The molecule has 1 unspecified atom stereocenters. The second-order valence-corrected chi connectivity index (χ2v) is 4.86. The lowest BCUT2D eigenvalue weighted by molar-refractivity contribution is 0.479. The maximum Gasteiger partial charge on any atom is 0.128 e. The van der Waals surface area contributed by atoms with E-state index >= 15 is 0 Å². The Morgan fingerprint density at radius 3 is 2.42 bits per heavy atom. The van der Waals surface area contributed by atoms with Crippen LogP contribution in [0.2, 0.25) is 0 Å². The van der Waals surface area contributed by atoms with Gasteiger partial charge in [-0.3, -0.25) is 0 Å². The molecule has 19 heavy (non-hydrogen) atoms. The van der Waals surface area contributed by atoms with Gasteiger partial charge < -0.3 is 5.73 Å². The molecule has 0 saturated heterocycles. The molecule has 0 bridgehead atoms. The number of benzene rings is 2. The highest BCUT2D eigenvalue weighted by Gasteiger charge is 2.30. The van der Waals surface area contributed by atoms with Gasteiger partial charge in [0.15, 0.2) is 0 Å². The molecule has 0 fully saturated rings. The van der Waals surface area contributed by atoms with Gasteiger partial charge in [0, 0.05) is 5.56 Å². The molecule has 0 radical (unpaired) electrons. The molecule has 0 saturated carbocycles. The van der Waals surface area contributed by atoms with E-state index in [1.807, 2.05) is 25.1 Å². The molecule has 0 aliphatic heterocycles. The molecule has 0 aromatic heterocycles. The third-order valence-corrected chi connectivity index (χ3v) is 3.76. The van der Waals surface area contributed by atoms with E-state index in [1.54, 1.807) is 12.1 Å². The fourth-order valence-corrected chi connectivity index (χ4v) is 2.44. The van der Waals surface area contributed by atoms with Crippen LogP contribution in [0.25, 0.3) is 0 Å². The molecule has 2 rings (SSSR count). The average Bonchev–Trinajstić information content (AvgIpc) is 2.47. The molecule has 0 heterocycles. The van der Waals surface area contributed by atoms with E-state index in [-0.39, 0.29) is 5.82 Å². The zero-order chi connectivity index (χ0) is 13.9. The van der Waals surface area contributed by atoms with Crippen LogP contribution in [0.15, 0.2) is 48.5 Å². The third-order valence-electron chi connectivity index (χ3n) is 3.76. The molecule has 1 nitrogen and oxygen atoms in total. The van der Waals surface area contributed by atoms with Crippen LogP contribution < -0.4 is 5.73 Å². The predicted octanol–water partition coefficient (Wildman–Crippen LogP) is 4.00. The first kappa shape index (κ1) is 13.8. The minimum atomic E-state index is -0.767. The summed E-state index contributed by atoms with van der Waals surface area (Å²) in [5.41, 5.74) is 8.51. The molecule has 0 aliphatic carbocycles. The van der Waals surface area contributed by atoms with Crippen molar-refractivity contribution in [2.24, 2.45) is 5.73 Å². The first-order valence-electron chi connectivity index (χ1n) is 6.75. The number of nitrogens with two attached hydrogens (primary N) is 1. The van der Waals surface area contributed by atoms with Gasteiger partial charge in [0.2, 0.25) is 0 Å². The Labute approximate surface area is 114 Å². The SMILES string of the molecule is CCc1cccc(C(N)(CC)c2ccccc2F)c1. The van der Waals surface area contributed by atoms with Crippen LogP contribution in [0, 0.1) is 5.82 Å². The molecular formula is C17H20FN. The Morgan fingerprint density at radius 2 is 1.79 bits per heavy atom. The summed E-state index contributed by atoms with van der Waals surface area (Å²) in [6.07, 6.45) is 1.60. The van der Waals surface area contributed by atoms with E-state index in [2.05, 4.69) is 19.1 Å². The van der Waals surface area contributed by atoms with E-state index < -0.39 is 5.54 Å². The van der Waals surface area contributed by atoms with Crippen LogP contribution in [0.3, 0.4) is 0 Å². The van der Waals surface area contributed by atoms with Crippen LogP contribution in [0.5, 0.6) is 0 Å². The summed E-state index contributed by atoms with van der Waals surface area (Å²) in [6, 6.07) is 14.9. The van der Waals surface area contributed by atoms with E-state index in [4.69, 9.17) is 5.73 Å². The second-order valence-electron chi connectivity index (χ2n) is 4.86. The molecule has 1 atom stereocenters. The second kappa shape index (κ2) is 5.54. The number of hydrogen-bond acceptors (Lipinski definition) is 1. The Morgan fingerprint density at radius 1 is 1.05 bits per heavy atom. The molecule has 0 aliphatic rings. The Balaban J connectivity index is 2.56. The maximum atomic E-state index is 14.1. The van der Waals surface area contributed by atoms with Crippen molar-refractivity contribution in [2.75, 3.05) is 0 Å². The normalized spacial score (nSPS) is 14.1. The maximum absolute atomic E-state index is 14.1. The van der Waals surface area contributed by atoms with Gasteiger partial charge in [-0.25, -0.2) is 4.39 Å². The van der Waals surface area contributed by atoms with Crippen molar-refractivity contribution in [3.8, 4) is 0 Å². The van der Waals surface area contributed by atoms with Crippen molar-refractivity contribution in [1.82, 2.24) is 0 Å². The number of aryl methyl sites for hydroxylation is 1. The van der Waals surface area contributed by atoms with E-state index in [0.717, 1.165) is 12.0 Å². The van der Waals surface area contributed by atoms with Crippen LogP contribution in [-0.2, 0) is 12.0 Å². The molecule has 2 aromatic rings. The number of hydrogen-bond donors (Lipinski definition) is 1. The quantitative estimate of drug-likeness (QED) is 0.880. The lowest BCUT2D eigenvalue weighted by Crippen LogP contribution is -2.38. The largest absolute Gasteiger partial charge is 0.318 e. The van der Waals surface area contributed by atoms with Gasteiger partial charge in [-0.05, 0) is 30.0 Å². The van der Waals surface area contributed by atoms with Crippen LogP contribution in [-0.4, -0.2) is 0 Å². The summed E-state index contributed by atoms with van der Waals surface area (Å²) < 4.78 is 14.1. The molecule has 100 valence electrons. The summed E-state index contributed by atoms with van der Waals surface area (Å²) >= 11 is 0. The topological polar surface area (TPSA) is 26.0 Å². The molecular weight excluding hydrogens is 237 g/mol. The standard InChI is InChI=1S/C17H20FN/c1-3-13-8-7-9-14(12-13)17(19,4-2)15-10-5-6-11-16(15)18/h5-12H,3-4,19H2,1-2H3. The Hall–Kier alpha value is -1.67. The van der Waals surface area contributed by atoms with E-state index in [9.17, 15) is 4.39 Å². The van der Waals surface area contributed by atoms with Crippen molar-refractivity contribution < 1.29 is 4.39 Å². The van der Waals surface area contributed by atoms with Gasteiger partial charge in [0.25, 0.3) is 0 Å². The van der Waals surface area contributed by atoms with E-state index in [1.165, 1.54) is 11.6 Å². The minimum absolute atomic E-state index is 0.242. The van der Waals surface area contributed by atoms with Gasteiger partial charge in [0.05, 0.1) is 5.54 Å². The fourth-order valence-electron chi connectivity index (χ4n) is 2.44. The van der Waals surface area contributed by atoms with Gasteiger partial charge in [-0.2, -0.15) is 0 Å². The van der Waals surface area contributed by atoms with Crippen molar-refractivity contribution in [3.05, 3.63) is 71.0 Å². The summed E-state index contributed by atoms with van der Waals surface area (Å²) in [4.78, 5) is 0. The fraction of sp³-hybridized carbons (Fsp3) is 0.294. The molecule has 0 spiro atoms. The first-order chi connectivity index (χ1) is 9.11. The Kier molecular flexibility index (Phi) is 4.01. The van der Waals surface area contributed by atoms with Crippen molar-refractivity contribution >= 4 is 0 Å². The third kappa shape index (κ3) is 2.54. The summed E-state index contributed by atoms with van der Waals surface area (Å²) in [6.45, 7) is 4.09. The summed E-state index contributed by atoms with van der Waals surface area (Å²) in [7, 11) is 0. The van der Waals surface area contributed by atoms with Crippen LogP contribution in [0.4, 0.5) is 4.39 Å². The lowest BCUT2D eigenvalue weighted by Gasteiger charge is -2.30. The molecule has 2 N–H and O–H groups in total. The van der Waals surface area contributed by atoms with Crippen molar-refractivity contribution in [1.29, 1.82) is 0 Å². The van der Waals surface area contributed by atoms with Crippen LogP contribution >= 0.6 is 0 Å². The molecule has 2 heteroatoms. The van der Waals surface area contributed by atoms with Gasteiger partial charge in [0.1, 0.15) is 5.82 Å². The summed E-state index contributed by atoms with van der Waals surface area (Å²) in [5, 5.41) is 0. The van der Waals surface area contributed by atoms with Gasteiger partial charge in [-0.1, -0.05) is 56.3 Å². The highest BCUT2D eigenvalue weighted by Crippen LogP contribution is 2.32. The molecule has 2 aromatic carbocycles. The highest BCUT2D eigenvalue weighted by molar-refractivity contribution is 5.40. The smallest absolute Gasteiger partial charge is 0.128 e. The lowest BCUT2D eigenvalue weighted by atomic mass is 9.80. The monoisotopic (exact) mass is 257 g/mol. The molecule has 0 amide bonds. The average molecular weight is 257 g/mol. The highest BCUT2D eigenvalue weighted by atomic mass is 19.1. The predicted molar refractivity (Wildman–Crippen MR) is 77.5 cm³/mol. The van der Waals surface area contributed by atoms with Gasteiger partial charge in [-0.15, -0.1) is 0 Å². The zero-order valence-corrected chi connectivity index (χ0v) is 11.5. The zero-order valence-electron chi connectivity index (χ0n) is 11.5. The van der Waals surface area contributed by atoms with Crippen molar-refractivity contribution in [2.45, 2.75) is 32.2 Å². The minimum Gasteiger partial charge on any atom is -0.318 e. The van der Waals surface area contributed by atoms with Crippen LogP contribution in [0.1, 0.15) is 37.0 Å². The first-order valence-corrected chi connectivity index (χ1v) is 6.75. The van der Waals surface area contributed by atoms with Crippen molar-refractivity contribution in [3.63, 3.8) is 0 Å². The van der Waals surface area contributed by atoms with E-state index in [0.29, 0.717) is 12.0 Å². The van der Waals surface area contributed by atoms with Gasteiger partial charge >= 0.3 is 0 Å².